The van der Waals surface area contributed by atoms with Crippen molar-refractivity contribution in [3.8, 4) is 0 Å². The van der Waals surface area contributed by atoms with E-state index in [0.29, 0.717) is 17.1 Å². The second-order valence-corrected chi connectivity index (χ2v) is 4.30. The lowest BCUT2D eigenvalue weighted by Crippen LogP contribution is -2.10. The number of nitrogens with one attached hydrogen (secondary N) is 1. The quantitative estimate of drug-likeness (QED) is 0.888. The van der Waals surface area contributed by atoms with E-state index in [4.69, 9.17) is 17.3 Å². The minimum absolute atomic E-state index is 0.416. The van der Waals surface area contributed by atoms with Crippen molar-refractivity contribution in [2.75, 3.05) is 5.32 Å². The Morgan fingerprint density at radius 3 is 2.39 bits per heavy atom. The van der Waals surface area contributed by atoms with Crippen molar-refractivity contribution in [1.82, 2.24) is 0 Å². The number of hydrogen-bond donors (Lipinski definition) is 2. The van der Waals surface area contributed by atoms with Crippen LogP contribution in [0.15, 0.2) is 48.5 Å². The van der Waals surface area contributed by atoms with Gasteiger partial charge in [0, 0.05) is 12.1 Å². The van der Waals surface area contributed by atoms with Gasteiger partial charge < -0.3 is 11.1 Å². The van der Waals surface area contributed by atoms with Crippen LogP contribution in [0.5, 0.6) is 0 Å². The van der Waals surface area contributed by atoms with Crippen LogP contribution >= 0.6 is 11.6 Å². The van der Waals surface area contributed by atoms with E-state index < -0.39 is 5.91 Å². The van der Waals surface area contributed by atoms with E-state index in [0.717, 1.165) is 11.3 Å². The highest BCUT2D eigenvalue weighted by Gasteiger charge is 2.01. The van der Waals surface area contributed by atoms with Gasteiger partial charge in [-0.15, -0.1) is 0 Å². The SMILES string of the molecule is NC(=O)c1ccc(CNc2ccccc2Cl)cc1. The largest absolute Gasteiger partial charge is 0.380 e. The van der Waals surface area contributed by atoms with Crippen molar-refractivity contribution in [2.45, 2.75) is 6.54 Å². The summed E-state index contributed by atoms with van der Waals surface area (Å²) in [6, 6.07) is 14.7. The number of carbonyl (C=O) groups is 1. The van der Waals surface area contributed by atoms with E-state index in [1.807, 2.05) is 36.4 Å². The fourth-order valence-corrected chi connectivity index (χ4v) is 1.79. The lowest BCUT2D eigenvalue weighted by atomic mass is 10.1. The molecule has 0 unspecified atom stereocenters. The Morgan fingerprint density at radius 2 is 1.78 bits per heavy atom. The first-order valence-electron chi connectivity index (χ1n) is 5.54. The number of carbonyl (C=O) groups excluding carboxylic acids is 1. The summed E-state index contributed by atoms with van der Waals surface area (Å²) >= 11 is 6.03. The van der Waals surface area contributed by atoms with Gasteiger partial charge in [-0.25, -0.2) is 0 Å². The van der Waals surface area contributed by atoms with Gasteiger partial charge in [0.25, 0.3) is 0 Å². The Labute approximate surface area is 111 Å². The Morgan fingerprint density at radius 1 is 1.11 bits per heavy atom. The number of hydrogen-bond acceptors (Lipinski definition) is 2. The molecule has 0 aliphatic carbocycles. The summed E-state index contributed by atoms with van der Waals surface area (Å²) in [6.45, 7) is 0.642. The maximum atomic E-state index is 10.9. The molecule has 0 aromatic heterocycles. The Hall–Kier alpha value is -2.00. The van der Waals surface area contributed by atoms with Gasteiger partial charge in [0.1, 0.15) is 0 Å². The molecule has 2 aromatic carbocycles. The first kappa shape index (κ1) is 12.5. The monoisotopic (exact) mass is 260 g/mol. The van der Waals surface area contributed by atoms with E-state index in [1.54, 1.807) is 12.1 Å². The molecule has 92 valence electrons. The molecule has 0 aliphatic rings. The van der Waals surface area contributed by atoms with E-state index in [2.05, 4.69) is 5.32 Å². The molecule has 18 heavy (non-hydrogen) atoms. The van der Waals surface area contributed by atoms with Crippen molar-refractivity contribution >= 4 is 23.2 Å². The summed E-state index contributed by atoms with van der Waals surface area (Å²) in [5.41, 5.74) is 7.63. The van der Waals surface area contributed by atoms with E-state index in [9.17, 15) is 4.79 Å². The average Bonchev–Trinajstić information content (AvgIpc) is 2.38. The molecule has 4 heteroatoms. The highest BCUT2D eigenvalue weighted by Crippen LogP contribution is 2.21. The standard InChI is InChI=1S/C14H13ClN2O/c15-12-3-1-2-4-13(12)17-9-10-5-7-11(8-6-10)14(16)18/h1-8,17H,9H2,(H2,16,18). The van der Waals surface area contributed by atoms with Gasteiger partial charge in [-0.1, -0.05) is 35.9 Å². The number of amides is 1. The molecule has 0 atom stereocenters. The van der Waals surface area contributed by atoms with Crippen LogP contribution in [-0.4, -0.2) is 5.91 Å². The minimum atomic E-state index is -0.416. The Bertz CT molecular complexity index is 552. The molecule has 3 N–H and O–H groups in total. The molecule has 0 spiro atoms. The second kappa shape index (κ2) is 5.56. The predicted octanol–water partition coefficient (Wildman–Crippen LogP) is 3.05. The number of primary amides is 1. The molecule has 2 rings (SSSR count). The molecule has 0 bridgehead atoms. The van der Waals surface area contributed by atoms with Gasteiger partial charge in [-0.3, -0.25) is 4.79 Å². The summed E-state index contributed by atoms with van der Waals surface area (Å²) in [5.74, 6) is -0.416. The fourth-order valence-electron chi connectivity index (χ4n) is 1.59. The van der Waals surface area contributed by atoms with Crippen molar-refractivity contribution < 1.29 is 4.79 Å². The Kier molecular flexibility index (Phi) is 3.85. The first-order chi connectivity index (χ1) is 8.66. The summed E-state index contributed by atoms with van der Waals surface area (Å²) in [4.78, 5) is 10.9. The smallest absolute Gasteiger partial charge is 0.248 e. The lowest BCUT2D eigenvalue weighted by Gasteiger charge is -2.08. The van der Waals surface area contributed by atoms with Crippen molar-refractivity contribution in [3.63, 3.8) is 0 Å². The summed E-state index contributed by atoms with van der Waals surface area (Å²) in [5, 5.41) is 3.92. The third kappa shape index (κ3) is 3.02. The fraction of sp³-hybridized carbons (Fsp3) is 0.0714. The maximum absolute atomic E-state index is 10.9. The number of rotatable bonds is 4. The van der Waals surface area contributed by atoms with E-state index in [-0.39, 0.29) is 0 Å². The summed E-state index contributed by atoms with van der Waals surface area (Å²) in [6.07, 6.45) is 0. The molecule has 0 heterocycles. The van der Waals surface area contributed by atoms with Crippen molar-refractivity contribution in [1.29, 1.82) is 0 Å². The highest BCUT2D eigenvalue weighted by atomic mass is 35.5. The average molecular weight is 261 g/mol. The maximum Gasteiger partial charge on any atom is 0.248 e. The van der Waals surface area contributed by atoms with Crippen LogP contribution in [0, 0.1) is 0 Å². The third-order valence-electron chi connectivity index (χ3n) is 2.60. The zero-order valence-electron chi connectivity index (χ0n) is 9.69. The highest BCUT2D eigenvalue weighted by molar-refractivity contribution is 6.33. The lowest BCUT2D eigenvalue weighted by molar-refractivity contribution is 0.100. The van der Waals surface area contributed by atoms with Crippen LogP contribution in [-0.2, 0) is 6.54 Å². The molecule has 0 fully saturated rings. The van der Waals surface area contributed by atoms with Gasteiger partial charge in [0.15, 0.2) is 0 Å². The van der Waals surface area contributed by atoms with Crippen LogP contribution in [0.4, 0.5) is 5.69 Å². The molecule has 0 saturated heterocycles. The number of benzene rings is 2. The zero-order valence-corrected chi connectivity index (χ0v) is 10.4. The number of halogens is 1. The van der Waals surface area contributed by atoms with Crippen LogP contribution in [0.1, 0.15) is 15.9 Å². The van der Waals surface area contributed by atoms with Crippen LogP contribution < -0.4 is 11.1 Å². The molecule has 2 aromatic rings. The second-order valence-electron chi connectivity index (χ2n) is 3.89. The van der Waals surface area contributed by atoms with Crippen LogP contribution in [0.2, 0.25) is 5.02 Å². The zero-order chi connectivity index (χ0) is 13.0. The molecule has 0 aliphatic heterocycles. The van der Waals surface area contributed by atoms with Gasteiger partial charge in [0.05, 0.1) is 10.7 Å². The predicted molar refractivity (Wildman–Crippen MR) is 73.7 cm³/mol. The topological polar surface area (TPSA) is 55.1 Å². The van der Waals surface area contributed by atoms with Gasteiger partial charge >= 0.3 is 0 Å². The molecular formula is C14H13ClN2O. The molecule has 3 nitrogen and oxygen atoms in total. The van der Waals surface area contributed by atoms with E-state index >= 15 is 0 Å². The van der Waals surface area contributed by atoms with Crippen LogP contribution in [0.3, 0.4) is 0 Å². The van der Waals surface area contributed by atoms with Gasteiger partial charge in [-0.2, -0.15) is 0 Å². The van der Waals surface area contributed by atoms with Crippen LogP contribution in [0.25, 0.3) is 0 Å². The first-order valence-corrected chi connectivity index (χ1v) is 5.92. The molecule has 0 saturated carbocycles. The van der Waals surface area contributed by atoms with Gasteiger partial charge in [-0.05, 0) is 29.8 Å². The summed E-state index contributed by atoms with van der Waals surface area (Å²) < 4.78 is 0. The van der Waals surface area contributed by atoms with E-state index in [1.165, 1.54) is 0 Å². The summed E-state index contributed by atoms with van der Waals surface area (Å²) in [7, 11) is 0. The van der Waals surface area contributed by atoms with Crippen molar-refractivity contribution in [2.24, 2.45) is 5.73 Å². The molecule has 1 amide bonds. The third-order valence-corrected chi connectivity index (χ3v) is 2.92. The van der Waals surface area contributed by atoms with Gasteiger partial charge in [0.2, 0.25) is 5.91 Å². The Balaban J connectivity index is 2.02. The molecular weight excluding hydrogens is 248 g/mol. The normalized spacial score (nSPS) is 10.1. The van der Waals surface area contributed by atoms with Crippen molar-refractivity contribution in [3.05, 3.63) is 64.7 Å². The number of anilines is 1. The number of nitrogens with two attached hydrogens (primary N) is 1. The number of para-hydroxylation sites is 1. The minimum Gasteiger partial charge on any atom is -0.380 e. The molecule has 0 radical (unpaired) electrons.